The van der Waals surface area contributed by atoms with Crippen molar-refractivity contribution in [1.82, 2.24) is 0 Å². The second-order valence-corrected chi connectivity index (χ2v) is 14.6. The van der Waals surface area contributed by atoms with Crippen LogP contribution in [-0.4, -0.2) is 72.5 Å². The maximum Gasteiger partial charge on any atom is 0.503 e. The molecule has 3 unspecified atom stereocenters. The molecule has 1 heterocycles. The van der Waals surface area contributed by atoms with E-state index in [0.717, 1.165) is 18.4 Å². The average molecular weight is 451 g/mol. The molecular weight excluding hydrogens is 408 g/mol. The molecule has 0 aromatic carbocycles. The van der Waals surface area contributed by atoms with Crippen LogP contribution in [0.5, 0.6) is 0 Å². The highest BCUT2D eigenvalue weighted by molar-refractivity contribution is 6.62. The SMILES string of the molecule is CO[Si](CCC1CCC2OC2C1)(OC)OC.CO[Si](OC)(OC)C1CCCCC1. The molecule has 3 rings (SSSR count). The van der Waals surface area contributed by atoms with Gasteiger partial charge >= 0.3 is 17.6 Å². The van der Waals surface area contributed by atoms with Crippen molar-refractivity contribution in [3.63, 3.8) is 0 Å². The van der Waals surface area contributed by atoms with Gasteiger partial charge in [-0.25, -0.2) is 0 Å². The monoisotopic (exact) mass is 450 g/mol. The number of rotatable bonds is 10. The Balaban J connectivity index is 0.000000212. The second-order valence-electron chi connectivity index (χ2n) is 8.28. The lowest BCUT2D eigenvalue weighted by Gasteiger charge is -2.34. The van der Waals surface area contributed by atoms with Crippen molar-refractivity contribution in [1.29, 1.82) is 0 Å². The van der Waals surface area contributed by atoms with Crippen molar-refractivity contribution in [3.8, 4) is 0 Å². The zero-order valence-electron chi connectivity index (χ0n) is 19.2. The molecule has 29 heavy (non-hydrogen) atoms. The Morgan fingerprint density at radius 3 is 1.76 bits per heavy atom. The van der Waals surface area contributed by atoms with Gasteiger partial charge in [-0.05, 0) is 44.4 Å². The standard InChI is InChI=1S/C11H22O4Si.C9H20O3Si/c1-12-16(13-2,14-3)7-6-9-4-5-10-11(8-9)15-10;1-10-13(11-2,12-3)9-7-5-4-6-8-9/h9-11H,4-8H2,1-3H3;9H,4-8H2,1-3H3. The van der Waals surface area contributed by atoms with E-state index in [1.165, 1.54) is 51.4 Å². The lowest BCUT2D eigenvalue weighted by atomic mass is 9.88. The first-order chi connectivity index (χ1) is 14.0. The summed E-state index contributed by atoms with van der Waals surface area (Å²) in [5.41, 5.74) is 0.515. The summed E-state index contributed by atoms with van der Waals surface area (Å²) in [4.78, 5) is 0. The summed E-state index contributed by atoms with van der Waals surface area (Å²) in [6.07, 6.45) is 12.3. The third kappa shape index (κ3) is 6.82. The first-order valence-electron chi connectivity index (χ1n) is 11.0. The summed E-state index contributed by atoms with van der Waals surface area (Å²) >= 11 is 0. The third-order valence-corrected chi connectivity index (χ3v) is 12.9. The maximum absolute atomic E-state index is 5.54. The molecular formula is C20H42O7Si2. The molecule has 7 nitrogen and oxygen atoms in total. The summed E-state index contributed by atoms with van der Waals surface area (Å²) in [5, 5.41) is 0. The Bertz CT molecular complexity index is 438. The van der Waals surface area contributed by atoms with Crippen molar-refractivity contribution in [2.75, 3.05) is 42.7 Å². The summed E-state index contributed by atoms with van der Waals surface area (Å²) in [7, 11) is 5.48. The van der Waals surface area contributed by atoms with Crippen LogP contribution in [0.2, 0.25) is 11.6 Å². The molecule has 0 radical (unpaired) electrons. The van der Waals surface area contributed by atoms with E-state index in [1.807, 2.05) is 0 Å². The number of hydrogen-bond acceptors (Lipinski definition) is 7. The highest BCUT2D eigenvalue weighted by Gasteiger charge is 2.47. The summed E-state index contributed by atoms with van der Waals surface area (Å²) in [5.74, 6) is 0.760. The fourth-order valence-corrected chi connectivity index (χ4v) is 9.38. The largest absolute Gasteiger partial charge is 0.503 e. The van der Waals surface area contributed by atoms with Gasteiger partial charge < -0.3 is 31.3 Å². The van der Waals surface area contributed by atoms with E-state index < -0.39 is 17.6 Å². The van der Waals surface area contributed by atoms with E-state index in [9.17, 15) is 0 Å². The Kier molecular flexibility index (Phi) is 10.7. The summed E-state index contributed by atoms with van der Waals surface area (Å²) in [6.45, 7) is 0. The quantitative estimate of drug-likeness (QED) is 0.368. The molecule has 0 aromatic rings. The fraction of sp³-hybridized carbons (Fsp3) is 1.00. The van der Waals surface area contributed by atoms with Crippen LogP contribution in [0.1, 0.15) is 57.8 Å². The molecule has 3 fully saturated rings. The minimum Gasteiger partial charge on any atom is -0.377 e. The molecule has 1 aliphatic heterocycles. The van der Waals surface area contributed by atoms with Crippen LogP contribution < -0.4 is 0 Å². The second kappa shape index (κ2) is 12.3. The fourth-order valence-electron chi connectivity index (χ4n) is 4.89. The molecule has 0 N–H and O–H groups in total. The summed E-state index contributed by atoms with van der Waals surface area (Å²) in [6, 6.07) is 0.915. The van der Waals surface area contributed by atoms with E-state index in [1.54, 1.807) is 42.7 Å². The molecule has 9 heteroatoms. The van der Waals surface area contributed by atoms with Gasteiger partial charge in [0, 0.05) is 54.2 Å². The normalized spacial score (nSPS) is 27.7. The van der Waals surface area contributed by atoms with Crippen LogP contribution in [0.15, 0.2) is 0 Å². The van der Waals surface area contributed by atoms with Crippen LogP contribution >= 0.6 is 0 Å². The Morgan fingerprint density at radius 2 is 1.28 bits per heavy atom. The zero-order chi connectivity index (χ0) is 21.3. The highest BCUT2D eigenvalue weighted by Crippen LogP contribution is 2.41. The Labute approximate surface area is 179 Å². The van der Waals surface area contributed by atoms with Crippen molar-refractivity contribution in [3.05, 3.63) is 0 Å². The molecule has 0 aromatic heterocycles. The van der Waals surface area contributed by atoms with Gasteiger partial charge in [0.2, 0.25) is 0 Å². The molecule has 2 saturated carbocycles. The van der Waals surface area contributed by atoms with Crippen molar-refractivity contribution in [2.45, 2.75) is 81.6 Å². The Morgan fingerprint density at radius 1 is 0.690 bits per heavy atom. The third-order valence-electron chi connectivity index (χ3n) is 6.86. The van der Waals surface area contributed by atoms with Gasteiger partial charge in [0.25, 0.3) is 0 Å². The van der Waals surface area contributed by atoms with Gasteiger partial charge in [-0.2, -0.15) is 0 Å². The van der Waals surface area contributed by atoms with Gasteiger partial charge in [-0.3, -0.25) is 0 Å². The minimum atomic E-state index is -2.35. The van der Waals surface area contributed by atoms with Gasteiger partial charge in [-0.15, -0.1) is 0 Å². The average Bonchev–Trinajstić information content (AvgIpc) is 3.57. The first-order valence-corrected chi connectivity index (χ1v) is 14.7. The number of fused-ring (bicyclic) bond motifs is 1. The number of ether oxygens (including phenoxy) is 1. The predicted octanol–water partition coefficient (Wildman–Crippen LogP) is 4.02. The smallest absolute Gasteiger partial charge is 0.377 e. The van der Waals surface area contributed by atoms with E-state index >= 15 is 0 Å². The van der Waals surface area contributed by atoms with Crippen molar-refractivity contribution < 1.29 is 31.3 Å². The Hall–Kier alpha value is 0.154. The van der Waals surface area contributed by atoms with Crippen LogP contribution in [0, 0.1) is 5.92 Å². The van der Waals surface area contributed by atoms with Crippen LogP contribution in [0.3, 0.4) is 0 Å². The van der Waals surface area contributed by atoms with E-state index in [-0.39, 0.29) is 0 Å². The number of hydrogen-bond donors (Lipinski definition) is 0. The van der Waals surface area contributed by atoms with Gasteiger partial charge in [0.15, 0.2) is 0 Å². The van der Waals surface area contributed by atoms with Crippen LogP contribution in [0.4, 0.5) is 0 Å². The van der Waals surface area contributed by atoms with Crippen molar-refractivity contribution >= 4 is 17.6 Å². The van der Waals surface area contributed by atoms with E-state index in [2.05, 4.69) is 0 Å². The summed E-state index contributed by atoms with van der Waals surface area (Å²) < 4.78 is 38.2. The van der Waals surface area contributed by atoms with Crippen molar-refractivity contribution in [2.24, 2.45) is 5.92 Å². The molecule has 172 valence electrons. The van der Waals surface area contributed by atoms with Crippen LogP contribution in [-0.2, 0) is 31.3 Å². The van der Waals surface area contributed by atoms with Gasteiger partial charge in [0.1, 0.15) is 0 Å². The van der Waals surface area contributed by atoms with Gasteiger partial charge in [0.05, 0.1) is 12.2 Å². The lowest BCUT2D eigenvalue weighted by Crippen LogP contribution is -2.48. The lowest BCUT2D eigenvalue weighted by molar-refractivity contribution is 0.104. The molecule has 3 atom stereocenters. The highest BCUT2D eigenvalue weighted by atomic mass is 28.4. The van der Waals surface area contributed by atoms with E-state index in [4.69, 9.17) is 31.3 Å². The molecule has 3 aliphatic rings. The predicted molar refractivity (Wildman–Crippen MR) is 116 cm³/mol. The molecule has 0 bridgehead atoms. The maximum atomic E-state index is 5.54. The number of epoxide rings is 1. The van der Waals surface area contributed by atoms with Gasteiger partial charge in [-0.1, -0.05) is 19.3 Å². The molecule has 2 aliphatic carbocycles. The minimum absolute atomic E-state index is 0.515. The molecule has 0 amide bonds. The van der Waals surface area contributed by atoms with E-state index in [0.29, 0.717) is 17.7 Å². The van der Waals surface area contributed by atoms with Crippen LogP contribution in [0.25, 0.3) is 0 Å². The zero-order valence-corrected chi connectivity index (χ0v) is 21.2. The molecule has 0 spiro atoms. The topological polar surface area (TPSA) is 67.9 Å². The molecule has 1 saturated heterocycles. The first kappa shape index (κ1) is 25.4.